The number of rotatable bonds is 4. The molecule has 0 saturated heterocycles. The van der Waals surface area contributed by atoms with Crippen molar-refractivity contribution >= 4 is 21.1 Å². The first-order valence-corrected chi connectivity index (χ1v) is 8.86. The van der Waals surface area contributed by atoms with E-state index in [0.717, 1.165) is 16.6 Å². The number of benzene rings is 1. The third-order valence-electron chi connectivity index (χ3n) is 4.13. The Morgan fingerprint density at radius 3 is 2.46 bits per heavy atom. The number of nitrogens with one attached hydrogen (secondary N) is 2. The number of aromatic nitrogens is 4. The molecule has 24 heavy (non-hydrogen) atoms. The molecule has 2 N–H and O–H groups in total. The lowest BCUT2D eigenvalue weighted by atomic mass is 10.2. The molecule has 8 nitrogen and oxygen atoms in total. The summed E-state index contributed by atoms with van der Waals surface area (Å²) in [5, 5.41) is 6.59. The maximum absolute atomic E-state index is 12.5. The molecule has 0 aliphatic carbocycles. The molecule has 1 aromatic carbocycles. The zero-order valence-electron chi connectivity index (χ0n) is 13.9. The average molecular weight is 349 g/mol. The van der Waals surface area contributed by atoms with Crippen LogP contribution in [0, 0.1) is 13.8 Å². The quantitative estimate of drug-likeness (QED) is 0.724. The maximum atomic E-state index is 12.5. The molecule has 9 heteroatoms. The Hall–Kier alpha value is -2.39. The SMILES string of the molecule is Cc1n[nH]c(C)c1S(=O)(=O)NCc1ccc2c(c1)n(C)c(=O)n2C. The topological polar surface area (TPSA) is 102 Å². The summed E-state index contributed by atoms with van der Waals surface area (Å²) >= 11 is 0. The molecule has 0 atom stereocenters. The molecular formula is C15H19N5O3S. The molecule has 0 fully saturated rings. The van der Waals surface area contributed by atoms with Crippen LogP contribution in [0.15, 0.2) is 27.9 Å². The van der Waals surface area contributed by atoms with Gasteiger partial charge in [-0.15, -0.1) is 0 Å². The van der Waals surface area contributed by atoms with Crippen LogP contribution in [-0.2, 0) is 30.7 Å². The van der Waals surface area contributed by atoms with Crippen LogP contribution in [0.3, 0.4) is 0 Å². The molecule has 2 aromatic heterocycles. The van der Waals surface area contributed by atoms with E-state index in [-0.39, 0.29) is 17.1 Å². The predicted molar refractivity (Wildman–Crippen MR) is 90.2 cm³/mol. The lowest BCUT2D eigenvalue weighted by Gasteiger charge is -2.07. The van der Waals surface area contributed by atoms with Crippen molar-refractivity contribution in [1.82, 2.24) is 24.1 Å². The van der Waals surface area contributed by atoms with Gasteiger partial charge in [0.25, 0.3) is 0 Å². The highest BCUT2D eigenvalue weighted by Gasteiger charge is 2.22. The highest BCUT2D eigenvalue weighted by Crippen LogP contribution is 2.18. The van der Waals surface area contributed by atoms with Gasteiger partial charge in [-0.25, -0.2) is 17.9 Å². The summed E-state index contributed by atoms with van der Waals surface area (Å²) in [5.41, 5.74) is 3.14. The molecule has 0 aliphatic heterocycles. The second-order valence-corrected chi connectivity index (χ2v) is 7.52. The van der Waals surface area contributed by atoms with Gasteiger partial charge in [-0.3, -0.25) is 14.2 Å². The Bertz CT molecular complexity index is 1070. The monoisotopic (exact) mass is 349 g/mol. The maximum Gasteiger partial charge on any atom is 0.328 e. The molecular weight excluding hydrogens is 330 g/mol. The smallest absolute Gasteiger partial charge is 0.295 e. The van der Waals surface area contributed by atoms with Crippen molar-refractivity contribution in [3.8, 4) is 0 Å². The van der Waals surface area contributed by atoms with Gasteiger partial charge in [0.1, 0.15) is 4.90 Å². The fourth-order valence-electron chi connectivity index (χ4n) is 2.85. The zero-order chi connectivity index (χ0) is 17.6. The van der Waals surface area contributed by atoms with Crippen LogP contribution in [0.2, 0.25) is 0 Å². The molecule has 0 radical (unpaired) electrons. The van der Waals surface area contributed by atoms with Crippen LogP contribution in [0.4, 0.5) is 0 Å². The van der Waals surface area contributed by atoms with E-state index in [9.17, 15) is 13.2 Å². The summed E-state index contributed by atoms with van der Waals surface area (Å²) < 4.78 is 30.6. The summed E-state index contributed by atoms with van der Waals surface area (Å²) in [6.07, 6.45) is 0. The summed E-state index contributed by atoms with van der Waals surface area (Å²) in [5.74, 6) is 0. The predicted octanol–water partition coefficient (Wildman–Crippen LogP) is 0.695. The molecule has 3 aromatic rings. The van der Waals surface area contributed by atoms with Gasteiger partial charge in [0.2, 0.25) is 10.0 Å². The minimum absolute atomic E-state index is 0.118. The first-order valence-electron chi connectivity index (χ1n) is 7.38. The van der Waals surface area contributed by atoms with Crippen molar-refractivity contribution in [2.45, 2.75) is 25.3 Å². The third kappa shape index (κ3) is 2.55. The fraction of sp³-hybridized carbons (Fsp3) is 0.333. The Balaban J connectivity index is 1.91. The largest absolute Gasteiger partial charge is 0.328 e. The minimum Gasteiger partial charge on any atom is -0.295 e. The molecule has 0 bridgehead atoms. The summed E-state index contributed by atoms with van der Waals surface area (Å²) in [6.45, 7) is 3.44. The zero-order valence-corrected chi connectivity index (χ0v) is 14.7. The first-order chi connectivity index (χ1) is 11.2. The van der Waals surface area contributed by atoms with E-state index in [0.29, 0.717) is 11.4 Å². The van der Waals surface area contributed by atoms with Crippen molar-refractivity contribution in [2.24, 2.45) is 14.1 Å². The number of H-pyrrole nitrogens is 1. The van der Waals surface area contributed by atoms with Crippen LogP contribution in [0.1, 0.15) is 17.0 Å². The number of hydrogen-bond acceptors (Lipinski definition) is 4. The average Bonchev–Trinajstić information content (AvgIpc) is 2.99. The Labute approximate surface area is 139 Å². The molecule has 0 amide bonds. The minimum atomic E-state index is -3.66. The van der Waals surface area contributed by atoms with Crippen molar-refractivity contribution in [2.75, 3.05) is 0 Å². The van der Waals surface area contributed by atoms with Crippen molar-refractivity contribution in [3.63, 3.8) is 0 Å². The van der Waals surface area contributed by atoms with E-state index in [4.69, 9.17) is 0 Å². The van der Waals surface area contributed by atoms with Crippen LogP contribution < -0.4 is 10.4 Å². The van der Waals surface area contributed by atoms with Gasteiger partial charge < -0.3 is 0 Å². The summed E-state index contributed by atoms with van der Waals surface area (Å²) in [7, 11) is -0.263. The molecule has 0 unspecified atom stereocenters. The van der Waals surface area contributed by atoms with E-state index in [1.165, 1.54) is 4.57 Å². The molecule has 0 spiro atoms. The molecule has 0 aliphatic rings. The highest BCUT2D eigenvalue weighted by atomic mass is 32.2. The van der Waals surface area contributed by atoms with Gasteiger partial charge in [-0.2, -0.15) is 5.10 Å². The Morgan fingerprint density at radius 1 is 1.17 bits per heavy atom. The number of hydrogen-bond donors (Lipinski definition) is 2. The molecule has 3 rings (SSSR count). The number of sulfonamides is 1. The van der Waals surface area contributed by atoms with E-state index < -0.39 is 10.0 Å². The van der Waals surface area contributed by atoms with E-state index in [1.54, 1.807) is 38.6 Å². The number of nitrogens with zero attached hydrogens (tertiary/aromatic N) is 3. The van der Waals surface area contributed by atoms with Crippen molar-refractivity contribution < 1.29 is 8.42 Å². The highest BCUT2D eigenvalue weighted by molar-refractivity contribution is 7.89. The number of fused-ring (bicyclic) bond motifs is 1. The Morgan fingerprint density at radius 2 is 1.83 bits per heavy atom. The van der Waals surface area contributed by atoms with Crippen LogP contribution in [0.25, 0.3) is 11.0 Å². The molecule has 0 saturated carbocycles. The summed E-state index contributed by atoms with van der Waals surface area (Å²) in [4.78, 5) is 12.1. The second-order valence-electron chi connectivity index (χ2n) is 5.81. The van der Waals surface area contributed by atoms with Gasteiger partial charge >= 0.3 is 5.69 Å². The number of aromatic amines is 1. The van der Waals surface area contributed by atoms with E-state index in [2.05, 4.69) is 14.9 Å². The van der Waals surface area contributed by atoms with Crippen LogP contribution >= 0.6 is 0 Å². The van der Waals surface area contributed by atoms with Gasteiger partial charge in [0, 0.05) is 20.6 Å². The van der Waals surface area contributed by atoms with Gasteiger partial charge in [-0.1, -0.05) is 6.07 Å². The summed E-state index contributed by atoms with van der Waals surface area (Å²) in [6, 6.07) is 5.43. The van der Waals surface area contributed by atoms with Crippen molar-refractivity contribution in [3.05, 3.63) is 45.6 Å². The van der Waals surface area contributed by atoms with Gasteiger partial charge in [0.15, 0.2) is 0 Å². The lowest BCUT2D eigenvalue weighted by Crippen LogP contribution is -2.24. The Kier molecular flexibility index (Phi) is 3.84. The molecule has 128 valence electrons. The van der Waals surface area contributed by atoms with E-state index in [1.807, 2.05) is 12.1 Å². The fourth-order valence-corrected chi connectivity index (χ4v) is 4.23. The number of imidazole rings is 1. The third-order valence-corrected chi connectivity index (χ3v) is 5.80. The first kappa shape index (κ1) is 16.5. The van der Waals surface area contributed by atoms with Crippen LogP contribution in [0.5, 0.6) is 0 Å². The second kappa shape index (κ2) is 5.60. The standard InChI is InChI=1S/C15H19N5O3S/c1-9-14(10(2)18-17-9)24(22,23)16-8-11-5-6-12-13(7-11)20(4)15(21)19(12)3/h5-7,16H,8H2,1-4H3,(H,17,18). The van der Waals surface area contributed by atoms with E-state index >= 15 is 0 Å². The van der Waals surface area contributed by atoms with Gasteiger partial charge in [0.05, 0.1) is 22.4 Å². The lowest BCUT2D eigenvalue weighted by molar-refractivity contribution is 0.580. The normalized spacial score (nSPS) is 12.2. The number of aryl methyl sites for hydroxylation is 4. The van der Waals surface area contributed by atoms with Gasteiger partial charge in [-0.05, 0) is 31.5 Å². The van der Waals surface area contributed by atoms with Crippen molar-refractivity contribution in [1.29, 1.82) is 0 Å². The molecule has 2 heterocycles. The van der Waals surface area contributed by atoms with Crippen LogP contribution in [-0.4, -0.2) is 27.7 Å².